The number of benzene rings is 1. The van der Waals surface area contributed by atoms with Crippen LogP contribution in [0, 0.1) is 5.92 Å². The summed E-state index contributed by atoms with van der Waals surface area (Å²) in [5.74, 6) is 2.14. The average molecular weight is 272 g/mol. The summed E-state index contributed by atoms with van der Waals surface area (Å²) in [6.07, 6.45) is 1.11. The molecule has 0 saturated heterocycles. The lowest BCUT2D eigenvalue weighted by Crippen LogP contribution is -2.22. The molecule has 0 aliphatic heterocycles. The predicted octanol–water partition coefficient (Wildman–Crippen LogP) is 3.19. The summed E-state index contributed by atoms with van der Waals surface area (Å²) in [5.41, 5.74) is 3.10. The number of aromatic nitrogens is 1. The fraction of sp³-hybridized carbons (Fsp3) is 0.500. The molecule has 2 atom stereocenters. The van der Waals surface area contributed by atoms with Crippen LogP contribution in [0.15, 0.2) is 22.6 Å². The van der Waals surface area contributed by atoms with Crippen LogP contribution in [0.5, 0.6) is 0 Å². The van der Waals surface area contributed by atoms with Crippen LogP contribution in [0.1, 0.15) is 50.5 Å². The second-order valence-corrected chi connectivity index (χ2v) is 5.94. The predicted molar refractivity (Wildman–Crippen MR) is 77.6 cm³/mol. The van der Waals surface area contributed by atoms with Gasteiger partial charge >= 0.3 is 0 Å². The van der Waals surface area contributed by atoms with E-state index in [1.165, 1.54) is 5.56 Å². The van der Waals surface area contributed by atoms with Gasteiger partial charge in [-0.2, -0.15) is 0 Å². The monoisotopic (exact) mass is 272 g/mol. The number of amides is 1. The number of nitrogens with zero attached hydrogens (tertiary/aromatic N) is 1. The Morgan fingerprint density at radius 2 is 2.30 bits per heavy atom. The lowest BCUT2D eigenvalue weighted by molar-refractivity contribution is -0.119. The molecule has 2 aromatic rings. The van der Waals surface area contributed by atoms with Crippen LogP contribution >= 0.6 is 0 Å². The number of fused-ring (bicyclic) bond motifs is 1. The van der Waals surface area contributed by atoms with E-state index >= 15 is 0 Å². The highest BCUT2D eigenvalue weighted by Gasteiger charge is 2.40. The number of rotatable bonds is 4. The van der Waals surface area contributed by atoms with Crippen molar-refractivity contribution in [1.82, 2.24) is 10.3 Å². The fourth-order valence-corrected chi connectivity index (χ4v) is 2.66. The van der Waals surface area contributed by atoms with E-state index in [0.717, 1.165) is 30.0 Å². The van der Waals surface area contributed by atoms with Gasteiger partial charge in [0.25, 0.3) is 0 Å². The fourth-order valence-electron chi connectivity index (χ4n) is 2.66. The van der Waals surface area contributed by atoms with E-state index in [1.54, 1.807) is 6.92 Å². The maximum Gasteiger partial charge on any atom is 0.216 e. The van der Waals surface area contributed by atoms with E-state index in [9.17, 15) is 4.79 Å². The van der Waals surface area contributed by atoms with Gasteiger partial charge in [-0.3, -0.25) is 4.79 Å². The Kier molecular flexibility index (Phi) is 3.24. The Hall–Kier alpha value is -1.84. The molecule has 1 amide bonds. The molecular weight excluding hydrogens is 252 g/mol. The van der Waals surface area contributed by atoms with Crippen molar-refractivity contribution < 1.29 is 9.21 Å². The molecule has 106 valence electrons. The summed E-state index contributed by atoms with van der Waals surface area (Å²) < 4.78 is 5.94. The van der Waals surface area contributed by atoms with Crippen LogP contribution in [0.3, 0.4) is 0 Å². The van der Waals surface area contributed by atoms with Crippen molar-refractivity contribution in [3.8, 4) is 0 Å². The normalized spacial score (nSPS) is 21.4. The Bertz CT molecular complexity index is 645. The molecule has 4 nitrogen and oxygen atoms in total. The molecule has 0 spiro atoms. The molecule has 1 fully saturated rings. The van der Waals surface area contributed by atoms with E-state index in [1.807, 2.05) is 12.1 Å². The van der Waals surface area contributed by atoms with Crippen molar-refractivity contribution in [2.75, 3.05) is 6.54 Å². The number of hydrogen-bond donors (Lipinski definition) is 1. The number of para-hydroxylation sites is 1. The largest absolute Gasteiger partial charge is 0.440 e. The molecule has 0 radical (unpaired) electrons. The van der Waals surface area contributed by atoms with Crippen LogP contribution in [-0.2, 0) is 4.79 Å². The van der Waals surface area contributed by atoms with Gasteiger partial charge in [0.2, 0.25) is 5.91 Å². The number of oxazole rings is 1. The van der Waals surface area contributed by atoms with Crippen molar-refractivity contribution in [2.24, 2.45) is 5.92 Å². The zero-order valence-electron chi connectivity index (χ0n) is 12.1. The van der Waals surface area contributed by atoms with Gasteiger partial charge in [0, 0.05) is 24.9 Å². The van der Waals surface area contributed by atoms with Gasteiger partial charge in [-0.05, 0) is 24.3 Å². The minimum absolute atomic E-state index is 0.0376. The first-order valence-electron chi connectivity index (χ1n) is 7.20. The first kappa shape index (κ1) is 13.2. The molecular formula is C16H20N2O2. The van der Waals surface area contributed by atoms with Crippen LogP contribution in [0.4, 0.5) is 0 Å². The van der Waals surface area contributed by atoms with Gasteiger partial charge in [0.15, 0.2) is 11.5 Å². The molecule has 4 heteroatoms. The maximum atomic E-state index is 11.0. The SMILES string of the molecule is CC(=O)NC[C@@H]1C[C@H]1c1cccc2nc(C(C)C)oc12. The van der Waals surface area contributed by atoms with E-state index < -0.39 is 0 Å². The van der Waals surface area contributed by atoms with Crippen LogP contribution < -0.4 is 5.32 Å². The third-order valence-corrected chi connectivity index (χ3v) is 3.89. The topological polar surface area (TPSA) is 55.1 Å². The average Bonchev–Trinajstić information content (AvgIpc) is 3.03. The molecule has 1 saturated carbocycles. The highest BCUT2D eigenvalue weighted by Crippen LogP contribution is 2.49. The van der Waals surface area contributed by atoms with Gasteiger partial charge in [0.05, 0.1) is 0 Å². The van der Waals surface area contributed by atoms with E-state index in [4.69, 9.17) is 4.42 Å². The van der Waals surface area contributed by atoms with Crippen LogP contribution in [0.25, 0.3) is 11.1 Å². The van der Waals surface area contributed by atoms with Crippen molar-refractivity contribution in [2.45, 2.75) is 39.0 Å². The summed E-state index contributed by atoms with van der Waals surface area (Å²) in [5, 5.41) is 2.89. The summed E-state index contributed by atoms with van der Waals surface area (Å²) in [4.78, 5) is 15.5. The molecule has 20 heavy (non-hydrogen) atoms. The first-order chi connectivity index (χ1) is 9.56. The van der Waals surface area contributed by atoms with E-state index in [0.29, 0.717) is 17.8 Å². The van der Waals surface area contributed by atoms with Gasteiger partial charge < -0.3 is 9.73 Å². The Morgan fingerprint density at radius 3 is 3.00 bits per heavy atom. The maximum absolute atomic E-state index is 11.0. The highest BCUT2D eigenvalue weighted by atomic mass is 16.3. The van der Waals surface area contributed by atoms with Gasteiger partial charge in [-0.25, -0.2) is 4.98 Å². The van der Waals surface area contributed by atoms with Crippen LogP contribution in [0.2, 0.25) is 0 Å². The Labute approximate surface area is 118 Å². The van der Waals surface area contributed by atoms with Gasteiger partial charge in [-0.15, -0.1) is 0 Å². The molecule has 1 aliphatic carbocycles. The number of carbonyl (C=O) groups is 1. The van der Waals surface area contributed by atoms with Crippen molar-refractivity contribution in [3.05, 3.63) is 29.7 Å². The van der Waals surface area contributed by atoms with Crippen molar-refractivity contribution in [3.63, 3.8) is 0 Å². The second kappa shape index (κ2) is 4.93. The molecule has 1 N–H and O–H groups in total. The third kappa shape index (κ3) is 2.42. The van der Waals surface area contributed by atoms with Crippen molar-refractivity contribution in [1.29, 1.82) is 0 Å². The smallest absolute Gasteiger partial charge is 0.216 e. The molecule has 1 heterocycles. The molecule has 0 unspecified atom stereocenters. The second-order valence-electron chi connectivity index (χ2n) is 5.94. The molecule has 1 aliphatic rings. The lowest BCUT2D eigenvalue weighted by Gasteiger charge is -2.02. The standard InChI is InChI=1S/C16H20N2O2/c1-9(2)16-18-14-6-4-5-12(15(14)20-16)13-7-11(13)8-17-10(3)19/h4-6,9,11,13H,7-8H2,1-3H3,(H,17,19)/t11-,13+/m0/s1. The first-order valence-corrected chi connectivity index (χ1v) is 7.20. The third-order valence-electron chi connectivity index (χ3n) is 3.89. The lowest BCUT2D eigenvalue weighted by atomic mass is 10.1. The zero-order chi connectivity index (χ0) is 14.3. The summed E-state index contributed by atoms with van der Waals surface area (Å²) in [7, 11) is 0. The van der Waals surface area contributed by atoms with Gasteiger partial charge in [-0.1, -0.05) is 26.0 Å². The van der Waals surface area contributed by atoms with Crippen molar-refractivity contribution >= 4 is 17.0 Å². The number of nitrogens with one attached hydrogen (secondary N) is 1. The molecule has 0 bridgehead atoms. The minimum atomic E-state index is 0.0376. The number of hydrogen-bond acceptors (Lipinski definition) is 3. The minimum Gasteiger partial charge on any atom is -0.440 e. The molecule has 1 aromatic carbocycles. The highest BCUT2D eigenvalue weighted by molar-refractivity contribution is 5.78. The zero-order valence-corrected chi connectivity index (χ0v) is 12.1. The van der Waals surface area contributed by atoms with E-state index in [2.05, 4.69) is 30.2 Å². The van der Waals surface area contributed by atoms with Gasteiger partial charge in [0.1, 0.15) is 5.52 Å². The Morgan fingerprint density at radius 1 is 1.50 bits per heavy atom. The molecule has 1 aromatic heterocycles. The Balaban J connectivity index is 1.84. The summed E-state index contributed by atoms with van der Waals surface area (Å²) in [6.45, 7) is 6.48. The summed E-state index contributed by atoms with van der Waals surface area (Å²) >= 11 is 0. The quantitative estimate of drug-likeness (QED) is 0.930. The van der Waals surface area contributed by atoms with Crippen LogP contribution in [-0.4, -0.2) is 17.4 Å². The van der Waals surface area contributed by atoms with E-state index in [-0.39, 0.29) is 5.91 Å². The molecule has 3 rings (SSSR count). The number of carbonyl (C=O) groups excluding carboxylic acids is 1. The summed E-state index contributed by atoms with van der Waals surface area (Å²) in [6, 6.07) is 6.16.